The van der Waals surface area contributed by atoms with Gasteiger partial charge < -0.3 is 5.32 Å². The topological polar surface area (TPSA) is 29.1 Å². The van der Waals surface area contributed by atoms with Crippen LogP contribution in [0.15, 0.2) is 33.4 Å². The smallest absolute Gasteiger partial charge is 0.261 e. The van der Waals surface area contributed by atoms with Crippen molar-refractivity contribution in [2.45, 2.75) is 6.54 Å². The summed E-state index contributed by atoms with van der Waals surface area (Å²) in [6.45, 7) is 0.584. The molecule has 1 N–H and O–H groups in total. The second-order valence-electron chi connectivity index (χ2n) is 3.65. The molecule has 3 aromatic rings. The minimum Gasteiger partial charge on any atom is -0.346 e. The number of carbonyl (C=O) groups is 1. The van der Waals surface area contributed by atoms with Gasteiger partial charge >= 0.3 is 0 Å². The van der Waals surface area contributed by atoms with E-state index in [1.165, 1.54) is 9.40 Å². The number of carbonyl (C=O) groups excluding carboxylic acids is 1. The van der Waals surface area contributed by atoms with Gasteiger partial charge in [-0.25, -0.2) is 0 Å². The molecule has 0 saturated heterocycles. The third-order valence-corrected chi connectivity index (χ3v) is 6.13. The summed E-state index contributed by atoms with van der Waals surface area (Å²) < 4.78 is 3.46. The van der Waals surface area contributed by atoms with Gasteiger partial charge in [0.1, 0.15) is 0 Å². The normalized spacial score (nSPS) is 10.9. The van der Waals surface area contributed by atoms with Crippen LogP contribution in [0.5, 0.6) is 0 Å². The van der Waals surface area contributed by atoms with Crippen molar-refractivity contribution >= 4 is 65.2 Å². The molecule has 0 unspecified atom stereocenters. The zero-order chi connectivity index (χ0) is 12.5. The fourth-order valence-electron chi connectivity index (χ4n) is 1.58. The van der Waals surface area contributed by atoms with Crippen LogP contribution in [0, 0.1) is 0 Å². The lowest BCUT2D eigenvalue weighted by atomic mass is 10.4. The molecule has 0 fully saturated rings. The van der Waals surface area contributed by atoms with E-state index in [0.29, 0.717) is 6.54 Å². The third-order valence-electron chi connectivity index (χ3n) is 2.42. The summed E-state index contributed by atoms with van der Waals surface area (Å²) in [5.41, 5.74) is 0. The van der Waals surface area contributed by atoms with Gasteiger partial charge in [-0.2, -0.15) is 0 Å². The number of fused-ring (bicyclic) bond motifs is 1. The van der Waals surface area contributed by atoms with E-state index in [4.69, 9.17) is 0 Å². The Kier molecular flexibility index (Phi) is 3.52. The highest BCUT2D eigenvalue weighted by Gasteiger charge is 2.10. The van der Waals surface area contributed by atoms with Crippen LogP contribution in [0.1, 0.15) is 14.5 Å². The predicted octanol–water partition coefficient (Wildman–Crippen LogP) is 4.72. The third kappa shape index (κ3) is 2.51. The van der Waals surface area contributed by atoms with E-state index in [-0.39, 0.29) is 5.91 Å². The molecule has 6 heteroatoms. The van der Waals surface area contributed by atoms with E-state index in [0.717, 1.165) is 13.5 Å². The largest absolute Gasteiger partial charge is 0.346 e. The molecule has 0 radical (unpaired) electrons. The number of amides is 1. The number of nitrogens with one attached hydrogen (secondary N) is 1. The fraction of sp³-hybridized carbons (Fsp3) is 0.0833. The van der Waals surface area contributed by atoms with Gasteiger partial charge in [0.2, 0.25) is 0 Å². The lowest BCUT2D eigenvalue weighted by Gasteiger charge is -2.00. The summed E-state index contributed by atoms with van der Waals surface area (Å²) >= 11 is 8.26. The summed E-state index contributed by atoms with van der Waals surface area (Å²) in [5, 5.41) is 4.99. The zero-order valence-corrected chi connectivity index (χ0v) is 13.1. The van der Waals surface area contributed by atoms with E-state index >= 15 is 0 Å². The maximum Gasteiger partial charge on any atom is 0.261 e. The molecule has 0 aromatic carbocycles. The predicted molar refractivity (Wildman–Crippen MR) is 82.9 cm³/mol. The minimum absolute atomic E-state index is 0.00734. The number of rotatable bonds is 3. The van der Waals surface area contributed by atoms with Crippen LogP contribution in [0.4, 0.5) is 0 Å². The van der Waals surface area contributed by atoms with Crippen molar-refractivity contribution < 1.29 is 4.79 Å². The zero-order valence-electron chi connectivity index (χ0n) is 9.10. The van der Waals surface area contributed by atoms with E-state index in [9.17, 15) is 4.79 Å². The SMILES string of the molecule is O=C(NCc1ccc(Br)s1)c1cc2sccc2s1. The summed E-state index contributed by atoms with van der Waals surface area (Å²) in [6.07, 6.45) is 0. The molecule has 3 heterocycles. The lowest BCUT2D eigenvalue weighted by molar-refractivity contribution is 0.0955. The molecule has 0 aliphatic carbocycles. The van der Waals surface area contributed by atoms with Crippen LogP contribution in [0.3, 0.4) is 0 Å². The van der Waals surface area contributed by atoms with E-state index in [1.807, 2.05) is 23.6 Å². The van der Waals surface area contributed by atoms with Crippen molar-refractivity contribution in [1.29, 1.82) is 0 Å². The van der Waals surface area contributed by atoms with Gasteiger partial charge in [-0.15, -0.1) is 34.0 Å². The first kappa shape index (κ1) is 12.3. The fourth-order valence-corrected chi connectivity index (χ4v) is 5.03. The van der Waals surface area contributed by atoms with E-state index in [1.54, 1.807) is 34.0 Å². The highest BCUT2D eigenvalue weighted by atomic mass is 79.9. The van der Waals surface area contributed by atoms with Crippen molar-refractivity contribution in [1.82, 2.24) is 5.32 Å². The monoisotopic (exact) mass is 357 g/mol. The molecule has 0 bridgehead atoms. The summed E-state index contributed by atoms with van der Waals surface area (Å²) in [7, 11) is 0. The number of hydrogen-bond donors (Lipinski definition) is 1. The lowest BCUT2D eigenvalue weighted by Crippen LogP contribution is -2.21. The van der Waals surface area contributed by atoms with Gasteiger partial charge in [0.25, 0.3) is 5.91 Å². The van der Waals surface area contributed by atoms with Crippen molar-refractivity contribution in [3.05, 3.63) is 43.2 Å². The number of halogens is 1. The van der Waals surface area contributed by atoms with Gasteiger partial charge in [0.15, 0.2) is 0 Å². The quantitative estimate of drug-likeness (QED) is 0.721. The van der Waals surface area contributed by atoms with Gasteiger partial charge in [0, 0.05) is 14.3 Å². The van der Waals surface area contributed by atoms with Crippen LogP contribution in [0.2, 0.25) is 0 Å². The molecule has 18 heavy (non-hydrogen) atoms. The molecule has 0 aliphatic rings. The van der Waals surface area contributed by atoms with Gasteiger partial charge in [-0.05, 0) is 45.6 Å². The molecular weight excluding hydrogens is 350 g/mol. The highest BCUT2D eigenvalue weighted by molar-refractivity contribution is 9.11. The Morgan fingerprint density at radius 1 is 1.22 bits per heavy atom. The molecular formula is C12H8BrNOS3. The van der Waals surface area contributed by atoms with Gasteiger partial charge in [0.05, 0.1) is 15.2 Å². The first-order valence-electron chi connectivity index (χ1n) is 5.22. The molecule has 1 amide bonds. The van der Waals surface area contributed by atoms with Crippen LogP contribution >= 0.6 is 49.9 Å². The Bertz CT molecular complexity index is 668. The molecule has 0 aliphatic heterocycles. The van der Waals surface area contributed by atoms with Crippen molar-refractivity contribution in [3.63, 3.8) is 0 Å². The van der Waals surface area contributed by atoms with Crippen molar-refractivity contribution in [3.8, 4) is 0 Å². The average Bonchev–Trinajstić information content (AvgIpc) is 3.00. The Hall–Kier alpha value is -0.690. The average molecular weight is 358 g/mol. The van der Waals surface area contributed by atoms with Crippen molar-refractivity contribution in [2.75, 3.05) is 0 Å². The standard InChI is InChI=1S/C12H8BrNOS3/c13-11-2-1-7(17-11)6-14-12(15)10-5-9-8(18-10)3-4-16-9/h1-5H,6H2,(H,14,15). The van der Waals surface area contributed by atoms with Crippen LogP contribution in [0.25, 0.3) is 9.40 Å². The molecule has 0 spiro atoms. The Balaban J connectivity index is 1.69. The van der Waals surface area contributed by atoms with Gasteiger partial charge in [-0.1, -0.05) is 0 Å². The molecule has 0 saturated carbocycles. The van der Waals surface area contributed by atoms with Crippen LogP contribution in [-0.2, 0) is 6.54 Å². The first-order chi connectivity index (χ1) is 8.72. The van der Waals surface area contributed by atoms with E-state index in [2.05, 4.69) is 27.3 Å². The van der Waals surface area contributed by atoms with Crippen LogP contribution in [-0.4, -0.2) is 5.91 Å². The molecule has 0 atom stereocenters. The summed E-state index contributed by atoms with van der Waals surface area (Å²) in [6, 6.07) is 8.03. The number of thiophene rings is 3. The highest BCUT2D eigenvalue weighted by Crippen LogP contribution is 2.30. The van der Waals surface area contributed by atoms with E-state index < -0.39 is 0 Å². The van der Waals surface area contributed by atoms with Crippen molar-refractivity contribution in [2.24, 2.45) is 0 Å². The Morgan fingerprint density at radius 2 is 2.11 bits per heavy atom. The molecule has 3 rings (SSSR count). The minimum atomic E-state index is 0.00734. The Labute approximate surface area is 124 Å². The second kappa shape index (κ2) is 5.13. The molecule has 92 valence electrons. The number of hydrogen-bond acceptors (Lipinski definition) is 4. The summed E-state index contributed by atoms with van der Waals surface area (Å²) in [4.78, 5) is 13.9. The van der Waals surface area contributed by atoms with Crippen LogP contribution < -0.4 is 5.32 Å². The maximum atomic E-state index is 12.0. The maximum absolute atomic E-state index is 12.0. The first-order valence-corrected chi connectivity index (χ1v) is 8.52. The second-order valence-corrected chi connectivity index (χ2v) is 8.23. The molecule has 3 aromatic heterocycles. The molecule has 2 nitrogen and oxygen atoms in total. The summed E-state index contributed by atoms with van der Waals surface area (Å²) in [5.74, 6) is 0.00734. The van der Waals surface area contributed by atoms with Gasteiger partial charge in [-0.3, -0.25) is 4.79 Å². The Morgan fingerprint density at radius 3 is 2.83 bits per heavy atom.